The Balaban J connectivity index is 1.89. The number of fused-ring (bicyclic) bond motifs is 1. The van der Waals surface area contributed by atoms with E-state index >= 15 is 0 Å². The lowest BCUT2D eigenvalue weighted by molar-refractivity contribution is 0.327. The summed E-state index contributed by atoms with van der Waals surface area (Å²) in [6.07, 6.45) is 3.48. The fourth-order valence-electron chi connectivity index (χ4n) is 2.02. The van der Waals surface area contributed by atoms with Crippen LogP contribution >= 0.6 is 0 Å². The molecule has 0 saturated carbocycles. The summed E-state index contributed by atoms with van der Waals surface area (Å²) in [5.41, 5.74) is 1.31. The van der Waals surface area contributed by atoms with Gasteiger partial charge < -0.3 is 4.74 Å². The maximum Gasteiger partial charge on any atom is 0.273 e. The summed E-state index contributed by atoms with van der Waals surface area (Å²) in [5, 5.41) is 2.57. The molecule has 1 unspecified atom stereocenters. The van der Waals surface area contributed by atoms with Crippen LogP contribution in [-0.2, 0) is 11.2 Å². The van der Waals surface area contributed by atoms with Crippen LogP contribution in [0, 0.1) is 0 Å². The molecule has 0 amide bonds. The van der Waals surface area contributed by atoms with Gasteiger partial charge in [-0.2, -0.15) is 0 Å². The number of aliphatic imine (C=N–C) groups is 1. The molecule has 2 aromatic rings. The van der Waals surface area contributed by atoms with Crippen LogP contribution in [-0.4, -0.2) is 19.0 Å². The minimum absolute atomic E-state index is 0.237. The second-order valence-corrected chi connectivity index (χ2v) is 4.07. The van der Waals surface area contributed by atoms with Gasteiger partial charge in [-0.15, -0.1) is 0 Å². The first-order chi connectivity index (χ1) is 7.92. The van der Waals surface area contributed by atoms with Crippen molar-refractivity contribution in [3.63, 3.8) is 0 Å². The van der Waals surface area contributed by atoms with Crippen molar-refractivity contribution in [2.75, 3.05) is 6.61 Å². The molecule has 2 nitrogen and oxygen atoms in total. The van der Waals surface area contributed by atoms with Crippen LogP contribution in [0.1, 0.15) is 5.56 Å². The van der Waals surface area contributed by atoms with Crippen molar-refractivity contribution >= 4 is 17.2 Å². The minimum Gasteiger partial charge on any atom is -0.472 e. The molecule has 16 heavy (non-hydrogen) atoms. The van der Waals surface area contributed by atoms with Crippen molar-refractivity contribution in [3.05, 3.63) is 48.0 Å². The largest absolute Gasteiger partial charge is 0.472 e. The highest BCUT2D eigenvalue weighted by molar-refractivity contribution is 5.83. The Hall–Kier alpha value is -1.83. The molecule has 0 fully saturated rings. The molecule has 0 aromatic heterocycles. The van der Waals surface area contributed by atoms with E-state index in [9.17, 15) is 0 Å². The molecule has 79 valence electrons. The van der Waals surface area contributed by atoms with E-state index in [0.717, 1.165) is 6.42 Å². The maximum absolute atomic E-state index is 5.00. The zero-order valence-electron chi connectivity index (χ0n) is 8.89. The monoisotopic (exact) mass is 210 g/mol. The fraction of sp³-hybridized carbons (Fsp3) is 0.214. The lowest BCUT2D eigenvalue weighted by Gasteiger charge is -2.06. The lowest BCUT2D eigenvalue weighted by atomic mass is 10.0. The van der Waals surface area contributed by atoms with Crippen molar-refractivity contribution in [3.8, 4) is 0 Å². The zero-order chi connectivity index (χ0) is 10.8. The number of benzene rings is 2. The van der Waals surface area contributed by atoms with Gasteiger partial charge >= 0.3 is 0 Å². The van der Waals surface area contributed by atoms with Gasteiger partial charge in [0, 0.05) is 0 Å². The van der Waals surface area contributed by atoms with Crippen molar-refractivity contribution in [1.82, 2.24) is 0 Å². The van der Waals surface area contributed by atoms with Crippen LogP contribution in [0.15, 0.2) is 47.5 Å². The molecule has 3 rings (SSSR count). The average Bonchev–Trinajstić information content (AvgIpc) is 2.82. The van der Waals surface area contributed by atoms with Gasteiger partial charge in [0.05, 0.1) is 6.04 Å². The van der Waals surface area contributed by atoms with E-state index in [-0.39, 0.29) is 6.04 Å². The second kappa shape index (κ2) is 3.97. The van der Waals surface area contributed by atoms with Crippen molar-refractivity contribution in [1.29, 1.82) is 0 Å². The summed E-state index contributed by atoms with van der Waals surface area (Å²) < 4.78 is 5.00. The number of ether oxygens (including phenoxy) is 1. The Morgan fingerprint density at radius 3 is 2.88 bits per heavy atom. The first-order valence-electron chi connectivity index (χ1n) is 5.46. The van der Waals surface area contributed by atoms with Gasteiger partial charge in [0.1, 0.15) is 6.61 Å². The quantitative estimate of drug-likeness (QED) is 0.746. The SMILES string of the molecule is [C]1=NC(Cc2ccc3ccccc3c2)CO1. The molecule has 0 N–H and O–H groups in total. The predicted molar refractivity (Wildman–Crippen MR) is 64.8 cm³/mol. The van der Waals surface area contributed by atoms with E-state index in [0.29, 0.717) is 6.61 Å². The van der Waals surface area contributed by atoms with Gasteiger partial charge in [-0.3, -0.25) is 0 Å². The standard InChI is InChI=1S/C14H12NO/c1-2-4-13-7-11(5-6-12(13)3-1)8-14-9-16-10-15-14/h1-7,14H,8-9H2. The third-order valence-corrected chi connectivity index (χ3v) is 2.86. The van der Waals surface area contributed by atoms with E-state index in [1.54, 1.807) is 0 Å². The van der Waals surface area contributed by atoms with Crippen LogP contribution in [0.3, 0.4) is 0 Å². The van der Waals surface area contributed by atoms with Crippen molar-refractivity contribution < 1.29 is 4.74 Å². The van der Waals surface area contributed by atoms with Crippen LogP contribution < -0.4 is 0 Å². The van der Waals surface area contributed by atoms with Crippen LogP contribution in [0.4, 0.5) is 0 Å². The third kappa shape index (κ3) is 1.78. The van der Waals surface area contributed by atoms with Crippen molar-refractivity contribution in [2.24, 2.45) is 4.99 Å². The summed E-state index contributed by atoms with van der Waals surface area (Å²) in [4.78, 5) is 4.14. The predicted octanol–water partition coefficient (Wildman–Crippen LogP) is 2.69. The number of nitrogens with zero attached hydrogens (tertiary/aromatic N) is 1. The molecule has 1 heterocycles. The van der Waals surface area contributed by atoms with Gasteiger partial charge in [-0.25, -0.2) is 4.99 Å². The summed E-state index contributed by atoms with van der Waals surface area (Å²) in [7, 11) is 0. The summed E-state index contributed by atoms with van der Waals surface area (Å²) >= 11 is 0. The lowest BCUT2D eigenvalue weighted by Crippen LogP contribution is -2.09. The second-order valence-electron chi connectivity index (χ2n) is 4.07. The Kier molecular flexibility index (Phi) is 2.33. The first-order valence-corrected chi connectivity index (χ1v) is 5.46. The molecule has 0 spiro atoms. The molecule has 1 aliphatic heterocycles. The highest BCUT2D eigenvalue weighted by Gasteiger charge is 2.12. The van der Waals surface area contributed by atoms with Gasteiger partial charge in [0.2, 0.25) is 0 Å². The normalized spacial score (nSPS) is 18.9. The fourth-order valence-corrected chi connectivity index (χ4v) is 2.02. The molecule has 0 saturated heterocycles. The Morgan fingerprint density at radius 2 is 2.06 bits per heavy atom. The van der Waals surface area contributed by atoms with Crippen LogP contribution in [0.2, 0.25) is 0 Å². The Morgan fingerprint density at radius 1 is 1.19 bits per heavy atom. The van der Waals surface area contributed by atoms with Gasteiger partial charge in [-0.05, 0) is 22.8 Å². The first kappa shape index (κ1) is 9.40. The summed E-state index contributed by atoms with van der Waals surface area (Å²) in [6.45, 7) is 0.660. The smallest absolute Gasteiger partial charge is 0.273 e. The Labute approximate surface area is 94.6 Å². The summed E-state index contributed by atoms with van der Waals surface area (Å²) in [6, 6.07) is 15.2. The third-order valence-electron chi connectivity index (χ3n) is 2.86. The van der Waals surface area contributed by atoms with E-state index in [2.05, 4.69) is 53.9 Å². The molecule has 1 aliphatic rings. The highest BCUT2D eigenvalue weighted by Crippen LogP contribution is 2.17. The zero-order valence-corrected chi connectivity index (χ0v) is 8.89. The molecule has 0 aliphatic carbocycles. The van der Waals surface area contributed by atoms with E-state index in [4.69, 9.17) is 4.74 Å². The van der Waals surface area contributed by atoms with Gasteiger partial charge in [0.15, 0.2) is 0 Å². The van der Waals surface area contributed by atoms with Gasteiger partial charge in [-0.1, -0.05) is 42.5 Å². The average molecular weight is 210 g/mol. The highest BCUT2D eigenvalue weighted by atomic mass is 16.5. The minimum atomic E-state index is 0.237. The topological polar surface area (TPSA) is 21.6 Å². The van der Waals surface area contributed by atoms with Crippen LogP contribution in [0.5, 0.6) is 0 Å². The Bertz CT molecular complexity index is 533. The molecule has 0 bridgehead atoms. The number of rotatable bonds is 2. The van der Waals surface area contributed by atoms with Gasteiger partial charge in [0.25, 0.3) is 6.40 Å². The number of hydrogen-bond donors (Lipinski definition) is 0. The maximum atomic E-state index is 5.00. The van der Waals surface area contributed by atoms with E-state index in [1.165, 1.54) is 16.3 Å². The van der Waals surface area contributed by atoms with Crippen molar-refractivity contribution in [2.45, 2.75) is 12.5 Å². The number of hydrogen-bond acceptors (Lipinski definition) is 2. The van der Waals surface area contributed by atoms with E-state index in [1.807, 2.05) is 0 Å². The van der Waals surface area contributed by atoms with Crippen LogP contribution in [0.25, 0.3) is 10.8 Å². The molecule has 2 aromatic carbocycles. The molecular weight excluding hydrogens is 198 g/mol. The molecular formula is C14H12NO. The molecule has 1 atom stereocenters. The van der Waals surface area contributed by atoms with E-state index < -0.39 is 0 Å². The molecule has 2 heteroatoms. The molecule has 1 radical (unpaired) electrons. The summed E-state index contributed by atoms with van der Waals surface area (Å²) in [5.74, 6) is 0.